The fraction of sp³-hybridized carbons (Fsp3) is 0.250. The average Bonchev–Trinajstić information content (AvgIpc) is 2.42. The molecule has 1 N–H and O–H groups in total. The van der Waals surface area contributed by atoms with Crippen LogP contribution in [0.1, 0.15) is 11.1 Å². The van der Waals surface area contributed by atoms with Gasteiger partial charge >= 0.3 is 0 Å². The van der Waals surface area contributed by atoms with Crippen molar-refractivity contribution in [3.63, 3.8) is 0 Å². The Morgan fingerprint density at radius 1 is 1.05 bits per heavy atom. The average molecular weight is 399 g/mol. The second kappa shape index (κ2) is 7.81. The molecule has 0 aliphatic rings. The molecule has 0 saturated carbocycles. The lowest BCUT2D eigenvalue weighted by Gasteiger charge is -2.08. The molecule has 0 bridgehead atoms. The summed E-state index contributed by atoms with van der Waals surface area (Å²) >= 11 is 6.97. The van der Waals surface area contributed by atoms with Gasteiger partial charge in [0.15, 0.2) is 0 Å². The summed E-state index contributed by atoms with van der Waals surface area (Å²) in [6.45, 7) is 4.39. The molecule has 2 aromatic rings. The van der Waals surface area contributed by atoms with Crippen LogP contribution < -0.4 is 10.1 Å². The van der Waals surface area contributed by atoms with Gasteiger partial charge in [-0.05, 0) is 74.2 Å². The van der Waals surface area contributed by atoms with E-state index in [4.69, 9.17) is 4.74 Å². The first kappa shape index (κ1) is 15.5. The molecule has 2 aromatic carbocycles. The van der Waals surface area contributed by atoms with E-state index in [1.54, 1.807) is 0 Å². The minimum atomic E-state index is 0.668. The van der Waals surface area contributed by atoms with Gasteiger partial charge in [-0.25, -0.2) is 0 Å². The van der Waals surface area contributed by atoms with Crippen LogP contribution in [0.2, 0.25) is 0 Å². The van der Waals surface area contributed by atoms with Gasteiger partial charge in [-0.3, -0.25) is 0 Å². The van der Waals surface area contributed by atoms with Gasteiger partial charge in [-0.2, -0.15) is 0 Å². The smallest absolute Gasteiger partial charge is 0.119 e. The van der Waals surface area contributed by atoms with Crippen molar-refractivity contribution in [2.24, 2.45) is 0 Å². The largest absolute Gasteiger partial charge is 0.492 e. The van der Waals surface area contributed by atoms with Crippen LogP contribution in [0.4, 0.5) is 0 Å². The molecule has 106 valence electrons. The Morgan fingerprint density at radius 2 is 1.90 bits per heavy atom. The predicted molar refractivity (Wildman–Crippen MR) is 90.2 cm³/mol. The van der Waals surface area contributed by atoms with Gasteiger partial charge < -0.3 is 10.1 Å². The number of benzene rings is 2. The molecule has 0 aliphatic heterocycles. The zero-order valence-electron chi connectivity index (χ0n) is 11.3. The highest BCUT2D eigenvalue weighted by molar-refractivity contribution is 9.13. The van der Waals surface area contributed by atoms with E-state index in [-0.39, 0.29) is 0 Å². The van der Waals surface area contributed by atoms with Crippen molar-refractivity contribution in [2.75, 3.05) is 13.2 Å². The molecule has 0 saturated heterocycles. The zero-order valence-corrected chi connectivity index (χ0v) is 14.5. The fourth-order valence-electron chi connectivity index (χ4n) is 1.83. The number of nitrogens with one attached hydrogen (secondary N) is 1. The summed E-state index contributed by atoms with van der Waals surface area (Å²) < 4.78 is 7.84. The lowest BCUT2D eigenvalue weighted by atomic mass is 10.2. The molecule has 20 heavy (non-hydrogen) atoms. The summed E-state index contributed by atoms with van der Waals surface area (Å²) in [4.78, 5) is 0. The number of rotatable bonds is 6. The first-order chi connectivity index (χ1) is 9.65. The Morgan fingerprint density at radius 3 is 2.65 bits per heavy atom. The van der Waals surface area contributed by atoms with E-state index in [1.807, 2.05) is 24.3 Å². The van der Waals surface area contributed by atoms with E-state index in [1.165, 1.54) is 11.1 Å². The van der Waals surface area contributed by atoms with Crippen molar-refractivity contribution in [3.8, 4) is 5.75 Å². The van der Waals surface area contributed by atoms with Crippen LogP contribution in [0.3, 0.4) is 0 Å². The topological polar surface area (TPSA) is 21.3 Å². The Balaban J connectivity index is 1.70. The number of hydrogen-bond acceptors (Lipinski definition) is 2. The second-order valence-electron chi connectivity index (χ2n) is 4.59. The molecule has 4 heteroatoms. The monoisotopic (exact) mass is 397 g/mol. The summed E-state index contributed by atoms with van der Waals surface area (Å²) in [5.74, 6) is 0.929. The molecule has 0 unspecified atom stereocenters. The molecular weight excluding hydrogens is 382 g/mol. The molecule has 0 aliphatic carbocycles. The Kier molecular flexibility index (Phi) is 6.07. The van der Waals surface area contributed by atoms with Crippen LogP contribution >= 0.6 is 31.9 Å². The van der Waals surface area contributed by atoms with Crippen LogP contribution in [0, 0.1) is 6.92 Å². The Labute approximate surface area is 136 Å². The number of hydrogen-bond donors (Lipinski definition) is 1. The molecule has 2 rings (SSSR count). The van der Waals surface area contributed by atoms with Gasteiger partial charge in [0.25, 0.3) is 0 Å². The van der Waals surface area contributed by atoms with Crippen LogP contribution in [-0.2, 0) is 6.54 Å². The van der Waals surface area contributed by atoms with E-state index < -0.39 is 0 Å². The molecule has 0 radical (unpaired) electrons. The molecule has 0 amide bonds. The maximum absolute atomic E-state index is 5.69. The van der Waals surface area contributed by atoms with Gasteiger partial charge in [0, 0.05) is 22.0 Å². The van der Waals surface area contributed by atoms with Crippen molar-refractivity contribution in [1.82, 2.24) is 5.32 Å². The first-order valence-corrected chi connectivity index (χ1v) is 8.08. The maximum Gasteiger partial charge on any atom is 0.119 e. The quantitative estimate of drug-likeness (QED) is 0.712. The summed E-state index contributed by atoms with van der Waals surface area (Å²) in [5.41, 5.74) is 2.46. The first-order valence-electron chi connectivity index (χ1n) is 6.49. The van der Waals surface area contributed by atoms with Gasteiger partial charge in [0.1, 0.15) is 12.4 Å². The van der Waals surface area contributed by atoms with Crippen LogP contribution in [0.5, 0.6) is 5.75 Å². The summed E-state index contributed by atoms with van der Waals surface area (Å²) in [6.07, 6.45) is 0. The zero-order chi connectivity index (χ0) is 14.4. The van der Waals surface area contributed by atoms with Crippen molar-refractivity contribution >= 4 is 31.9 Å². The van der Waals surface area contributed by atoms with Gasteiger partial charge in [-0.15, -0.1) is 0 Å². The summed E-state index contributed by atoms with van der Waals surface area (Å²) in [5, 5.41) is 3.37. The van der Waals surface area contributed by atoms with Crippen LogP contribution in [0.15, 0.2) is 51.4 Å². The lowest BCUT2D eigenvalue weighted by Crippen LogP contribution is -2.20. The normalized spacial score (nSPS) is 10.6. The predicted octanol–water partition coefficient (Wildman–Crippen LogP) is 4.69. The molecule has 0 fully saturated rings. The highest BCUT2D eigenvalue weighted by atomic mass is 79.9. The van der Waals surface area contributed by atoms with E-state index in [2.05, 4.69) is 62.3 Å². The molecular formula is C16H17Br2NO. The Bertz CT molecular complexity index is 572. The Hall–Kier alpha value is -0.840. The van der Waals surface area contributed by atoms with Crippen LogP contribution in [-0.4, -0.2) is 13.2 Å². The van der Waals surface area contributed by atoms with Crippen molar-refractivity contribution in [1.29, 1.82) is 0 Å². The summed E-state index contributed by atoms with van der Waals surface area (Å²) in [6, 6.07) is 14.4. The molecule has 0 aromatic heterocycles. The van der Waals surface area contributed by atoms with Gasteiger partial charge in [0.05, 0.1) is 0 Å². The SMILES string of the molecule is Cc1cccc(OCCNCc2ccc(Br)c(Br)c2)c1. The minimum absolute atomic E-state index is 0.668. The maximum atomic E-state index is 5.69. The minimum Gasteiger partial charge on any atom is -0.492 e. The van der Waals surface area contributed by atoms with Crippen molar-refractivity contribution < 1.29 is 4.74 Å². The third-order valence-corrected chi connectivity index (χ3v) is 4.73. The number of halogens is 2. The molecule has 2 nitrogen and oxygen atoms in total. The number of ether oxygens (including phenoxy) is 1. The van der Waals surface area contributed by atoms with Crippen molar-refractivity contribution in [3.05, 3.63) is 62.5 Å². The third kappa shape index (κ3) is 4.93. The van der Waals surface area contributed by atoms with E-state index in [0.29, 0.717) is 6.61 Å². The molecule has 0 heterocycles. The molecule has 0 atom stereocenters. The summed E-state index contributed by atoms with van der Waals surface area (Å²) in [7, 11) is 0. The highest BCUT2D eigenvalue weighted by Gasteiger charge is 1.99. The molecule has 0 spiro atoms. The highest BCUT2D eigenvalue weighted by Crippen LogP contribution is 2.23. The van der Waals surface area contributed by atoms with Crippen LogP contribution in [0.25, 0.3) is 0 Å². The number of aryl methyl sites for hydroxylation is 1. The third-order valence-electron chi connectivity index (χ3n) is 2.85. The second-order valence-corrected chi connectivity index (χ2v) is 6.30. The van der Waals surface area contributed by atoms with Gasteiger partial charge in [-0.1, -0.05) is 18.2 Å². The van der Waals surface area contributed by atoms with E-state index >= 15 is 0 Å². The van der Waals surface area contributed by atoms with Gasteiger partial charge in [0.2, 0.25) is 0 Å². The lowest BCUT2D eigenvalue weighted by molar-refractivity contribution is 0.313. The van der Waals surface area contributed by atoms with Crippen molar-refractivity contribution in [2.45, 2.75) is 13.5 Å². The van der Waals surface area contributed by atoms with E-state index in [9.17, 15) is 0 Å². The standard InChI is InChI=1S/C16H17Br2NO/c1-12-3-2-4-14(9-12)20-8-7-19-11-13-5-6-15(17)16(18)10-13/h2-6,9-10,19H,7-8,11H2,1H3. The fourth-order valence-corrected chi connectivity index (χ4v) is 2.50. The van der Waals surface area contributed by atoms with E-state index in [0.717, 1.165) is 27.8 Å².